The number of para-hydroxylation sites is 1. The molecule has 2 rings (SSSR count). The van der Waals surface area contributed by atoms with Gasteiger partial charge in [-0.25, -0.2) is 0 Å². The molecule has 112 valence electrons. The van der Waals surface area contributed by atoms with Crippen molar-refractivity contribution >= 4 is 17.7 Å². The monoisotopic (exact) mass is 305 g/mol. The minimum atomic E-state index is -0.171. The molecule has 1 heterocycles. The van der Waals surface area contributed by atoms with Crippen molar-refractivity contribution in [3.8, 4) is 5.75 Å². The first-order valence-electron chi connectivity index (χ1n) is 6.88. The van der Waals surface area contributed by atoms with E-state index in [1.54, 1.807) is 24.1 Å². The molecular formula is C16H19NO3S. The highest BCUT2D eigenvalue weighted by molar-refractivity contribution is 7.99. The van der Waals surface area contributed by atoms with E-state index in [2.05, 4.69) is 12.2 Å². The number of benzene rings is 1. The predicted octanol–water partition coefficient (Wildman–Crippen LogP) is 3.65. The summed E-state index contributed by atoms with van der Waals surface area (Å²) in [6, 6.07) is 11.2. The van der Waals surface area contributed by atoms with Crippen LogP contribution in [-0.2, 0) is 4.79 Å². The van der Waals surface area contributed by atoms with Crippen LogP contribution in [0.4, 0.5) is 0 Å². The van der Waals surface area contributed by atoms with Crippen molar-refractivity contribution in [2.45, 2.75) is 24.8 Å². The molecule has 0 bridgehead atoms. The number of carbonyl (C=O) groups is 1. The van der Waals surface area contributed by atoms with Crippen LogP contribution >= 0.6 is 11.8 Å². The van der Waals surface area contributed by atoms with Gasteiger partial charge < -0.3 is 14.5 Å². The van der Waals surface area contributed by atoms with E-state index in [-0.39, 0.29) is 18.6 Å². The molecule has 0 saturated heterocycles. The van der Waals surface area contributed by atoms with E-state index < -0.39 is 0 Å². The average Bonchev–Trinajstić information content (AvgIpc) is 3.01. The van der Waals surface area contributed by atoms with Crippen LogP contribution in [-0.4, -0.2) is 18.3 Å². The van der Waals surface area contributed by atoms with Crippen LogP contribution in [0.1, 0.15) is 25.6 Å². The quantitative estimate of drug-likeness (QED) is 0.793. The van der Waals surface area contributed by atoms with Crippen LogP contribution in [0.3, 0.4) is 0 Å². The van der Waals surface area contributed by atoms with Crippen molar-refractivity contribution in [2.24, 2.45) is 0 Å². The molecule has 0 aliphatic rings. The smallest absolute Gasteiger partial charge is 0.258 e. The fraction of sp³-hybridized carbons (Fsp3) is 0.312. The third-order valence-corrected chi connectivity index (χ3v) is 3.79. The van der Waals surface area contributed by atoms with Crippen LogP contribution in [0, 0.1) is 0 Å². The van der Waals surface area contributed by atoms with Gasteiger partial charge in [-0.1, -0.05) is 19.1 Å². The minimum absolute atomic E-state index is 0.00760. The first-order valence-corrected chi connectivity index (χ1v) is 7.86. The standard InChI is InChI=1S/C16H19NO3S/c1-3-21-15-9-5-4-7-14(15)20-11-16(18)17-12(2)13-8-6-10-19-13/h4-10,12H,3,11H2,1-2H3,(H,17,18)/t12-/m1/s1. The first-order chi connectivity index (χ1) is 10.2. The van der Waals surface area contributed by atoms with Gasteiger partial charge >= 0.3 is 0 Å². The second kappa shape index (κ2) is 7.78. The SMILES string of the molecule is CCSc1ccccc1OCC(=O)N[C@H](C)c1ccco1. The second-order valence-corrected chi connectivity index (χ2v) is 5.78. The lowest BCUT2D eigenvalue weighted by molar-refractivity contribution is -0.123. The van der Waals surface area contributed by atoms with Gasteiger partial charge in [0.25, 0.3) is 5.91 Å². The lowest BCUT2D eigenvalue weighted by atomic mass is 10.2. The number of hydrogen-bond acceptors (Lipinski definition) is 4. The summed E-state index contributed by atoms with van der Waals surface area (Å²) in [5.41, 5.74) is 0. The number of ether oxygens (including phenoxy) is 1. The van der Waals surface area contributed by atoms with Gasteiger partial charge in [-0.05, 0) is 36.9 Å². The summed E-state index contributed by atoms with van der Waals surface area (Å²) in [4.78, 5) is 13.0. The summed E-state index contributed by atoms with van der Waals surface area (Å²) < 4.78 is 10.9. The molecule has 0 unspecified atom stereocenters. The van der Waals surface area contributed by atoms with Gasteiger partial charge in [0.15, 0.2) is 6.61 Å². The highest BCUT2D eigenvalue weighted by Crippen LogP contribution is 2.28. The van der Waals surface area contributed by atoms with E-state index in [1.165, 1.54) is 0 Å². The van der Waals surface area contributed by atoms with E-state index in [9.17, 15) is 4.79 Å². The van der Waals surface area contributed by atoms with Gasteiger partial charge in [-0.3, -0.25) is 4.79 Å². The number of carbonyl (C=O) groups excluding carboxylic acids is 1. The summed E-state index contributed by atoms with van der Waals surface area (Å²) >= 11 is 1.69. The molecule has 0 aliphatic carbocycles. The Labute approximate surface area is 128 Å². The molecule has 0 saturated carbocycles. The maximum atomic E-state index is 11.9. The summed E-state index contributed by atoms with van der Waals surface area (Å²) in [6.07, 6.45) is 1.59. The fourth-order valence-corrected chi connectivity index (χ4v) is 2.63. The molecule has 0 aliphatic heterocycles. The topological polar surface area (TPSA) is 51.5 Å². The largest absolute Gasteiger partial charge is 0.483 e. The van der Waals surface area contributed by atoms with E-state index in [4.69, 9.17) is 9.15 Å². The van der Waals surface area contributed by atoms with E-state index in [0.717, 1.165) is 22.2 Å². The van der Waals surface area contributed by atoms with Crippen LogP contribution in [0.25, 0.3) is 0 Å². The second-order valence-electron chi connectivity index (χ2n) is 4.47. The Morgan fingerprint density at radius 1 is 1.33 bits per heavy atom. The highest BCUT2D eigenvalue weighted by atomic mass is 32.2. The normalized spacial score (nSPS) is 11.9. The van der Waals surface area contributed by atoms with Gasteiger partial charge in [0.2, 0.25) is 0 Å². The maximum Gasteiger partial charge on any atom is 0.258 e. The third-order valence-electron chi connectivity index (χ3n) is 2.86. The number of amides is 1. The van der Waals surface area contributed by atoms with Gasteiger partial charge in [-0.2, -0.15) is 0 Å². The zero-order chi connectivity index (χ0) is 15.1. The Bertz CT molecular complexity index is 569. The lowest BCUT2D eigenvalue weighted by Crippen LogP contribution is -2.31. The van der Waals surface area contributed by atoms with E-state index in [0.29, 0.717) is 0 Å². The van der Waals surface area contributed by atoms with Crippen molar-refractivity contribution in [2.75, 3.05) is 12.4 Å². The van der Waals surface area contributed by atoms with Crippen molar-refractivity contribution < 1.29 is 13.9 Å². The zero-order valence-electron chi connectivity index (χ0n) is 12.2. The van der Waals surface area contributed by atoms with Crippen LogP contribution in [0.5, 0.6) is 5.75 Å². The Kier molecular flexibility index (Phi) is 5.75. The molecule has 1 aromatic heterocycles. The van der Waals surface area contributed by atoms with Crippen molar-refractivity contribution in [3.05, 3.63) is 48.4 Å². The molecule has 4 nitrogen and oxygen atoms in total. The van der Waals surface area contributed by atoms with Crippen molar-refractivity contribution in [1.82, 2.24) is 5.32 Å². The fourth-order valence-electron chi connectivity index (χ4n) is 1.88. The number of thioether (sulfide) groups is 1. The third kappa shape index (κ3) is 4.56. The minimum Gasteiger partial charge on any atom is -0.483 e. The van der Waals surface area contributed by atoms with Gasteiger partial charge in [0.05, 0.1) is 12.3 Å². The van der Waals surface area contributed by atoms with Gasteiger partial charge in [0.1, 0.15) is 11.5 Å². The van der Waals surface area contributed by atoms with Crippen LogP contribution in [0.15, 0.2) is 52.0 Å². The molecule has 0 fully saturated rings. The molecule has 1 atom stereocenters. The van der Waals surface area contributed by atoms with Gasteiger partial charge in [-0.15, -0.1) is 11.8 Å². The highest BCUT2D eigenvalue weighted by Gasteiger charge is 2.12. The summed E-state index contributed by atoms with van der Waals surface area (Å²) in [7, 11) is 0. The summed E-state index contributed by atoms with van der Waals surface area (Å²) in [5, 5.41) is 2.84. The predicted molar refractivity (Wildman–Crippen MR) is 83.6 cm³/mol. The summed E-state index contributed by atoms with van der Waals surface area (Å²) in [6.45, 7) is 3.95. The Hall–Kier alpha value is -1.88. The van der Waals surface area contributed by atoms with Gasteiger partial charge in [0, 0.05) is 4.90 Å². The molecule has 1 aromatic carbocycles. The number of hydrogen-bond donors (Lipinski definition) is 1. The maximum absolute atomic E-state index is 11.9. The first kappa shape index (κ1) is 15.5. The molecule has 0 radical (unpaired) electrons. The van der Waals surface area contributed by atoms with Crippen molar-refractivity contribution in [1.29, 1.82) is 0 Å². The molecule has 1 N–H and O–H groups in total. The van der Waals surface area contributed by atoms with Crippen LogP contribution < -0.4 is 10.1 Å². The Morgan fingerprint density at radius 2 is 2.14 bits per heavy atom. The molecule has 0 spiro atoms. The summed E-state index contributed by atoms with van der Waals surface area (Å²) in [5.74, 6) is 2.26. The lowest BCUT2D eigenvalue weighted by Gasteiger charge is -2.13. The van der Waals surface area contributed by atoms with Crippen molar-refractivity contribution in [3.63, 3.8) is 0 Å². The zero-order valence-corrected chi connectivity index (χ0v) is 13.0. The van der Waals surface area contributed by atoms with E-state index >= 15 is 0 Å². The molecule has 2 aromatic rings. The average molecular weight is 305 g/mol. The molecular weight excluding hydrogens is 286 g/mol. The number of furan rings is 1. The molecule has 5 heteroatoms. The number of rotatable bonds is 7. The molecule has 1 amide bonds. The Morgan fingerprint density at radius 3 is 2.86 bits per heavy atom. The molecule has 21 heavy (non-hydrogen) atoms. The van der Waals surface area contributed by atoms with Crippen LogP contribution in [0.2, 0.25) is 0 Å². The number of nitrogens with one attached hydrogen (secondary N) is 1. The Balaban J connectivity index is 1.86. The van der Waals surface area contributed by atoms with E-state index in [1.807, 2.05) is 37.3 Å².